The fourth-order valence-electron chi connectivity index (χ4n) is 2.01. The van der Waals surface area contributed by atoms with Gasteiger partial charge in [-0.05, 0) is 35.9 Å². The molecule has 4 nitrogen and oxygen atoms in total. The van der Waals surface area contributed by atoms with Crippen LogP contribution in [0.4, 0.5) is 0 Å². The molecule has 5 heteroatoms. The molecule has 0 fully saturated rings. The predicted molar refractivity (Wildman–Crippen MR) is 79.1 cm³/mol. The smallest absolute Gasteiger partial charge is 0.162 e. The minimum absolute atomic E-state index is 0.475. The zero-order valence-corrected chi connectivity index (χ0v) is 11.9. The maximum Gasteiger partial charge on any atom is 0.162 e. The molecule has 0 bridgehead atoms. The lowest BCUT2D eigenvalue weighted by Crippen LogP contribution is -2.15. The lowest BCUT2D eigenvalue weighted by molar-refractivity contribution is 0.171. The summed E-state index contributed by atoms with van der Waals surface area (Å²) in [6, 6.07) is 10.1. The summed E-state index contributed by atoms with van der Waals surface area (Å²) in [5.41, 5.74) is 7.75. The highest BCUT2D eigenvalue weighted by Crippen LogP contribution is 2.35. The molecule has 0 unspecified atom stereocenters. The van der Waals surface area contributed by atoms with E-state index < -0.39 is 0 Å². The molecule has 2 aromatic rings. The van der Waals surface area contributed by atoms with Crippen LogP contribution in [0.25, 0.3) is 0 Å². The highest BCUT2D eigenvalue weighted by Gasteiger charge is 2.11. The molecule has 0 saturated heterocycles. The normalized spacial score (nSPS) is 13.2. The van der Waals surface area contributed by atoms with Crippen LogP contribution in [0.3, 0.4) is 0 Å². The van der Waals surface area contributed by atoms with Crippen molar-refractivity contribution in [2.45, 2.75) is 17.2 Å². The van der Waals surface area contributed by atoms with Crippen molar-refractivity contribution in [2.75, 3.05) is 13.2 Å². The molecule has 2 N–H and O–H groups in total. The van der Waals surface area contributed by atoms with Crippen LogP contribution >= 0.6 is 11.8 Å². The van der Waals surface area contributed by atoms with E-state index in [1.807, 2.05) is 30.5 Å². The molecule has 3 rings (SSSR count). The third-order valence-corrected chi connectivity index (χ3v) is 4.07. The zero-order valence-electron chi connectivity index (χ0n) is 11.0. The summed E-state index contributed by atoms with van der Waals surface area (Å²) in [4.78, 5) is 5.37. The van der Waals surface area contributed by atoms with Crippen LogP contribution in [0.1, 0.15) is 11.3 Å². The fraction of sp³-hybridized carbons (Fsp3) is 0.267. The maximum atomic E-state index is 5.60. The molecule has 0 amide bonds. The van der Waals surface area contributed by atoms with Crippen molar-refractivity contribution in [2.24, 2.45) is 5.73 Å². The van der Waals surface area contributed by atoms with Gasteiger partial charge in [0.1, 0.15) is 13.2 Å². The Labute approximate surface area is 122 Å². The Balaban J connectivity index is 1.68. The average molecular weight is 288 g/mol. The Morgan fingerprint density at radius 1 is 1.10 bits per heavy atom. The number of rotatable bonds is 4. The number of nitrogens with zero attached hydrogens (tertiary/aromatic N) is 1. The number of hydrogen-bond donors (Lipinski definition) is 1. The fourth-order valence-corrected chi connectivity index (χ4v) is 2.88. The number of hydrogen-bond acceptors (Lipinski definition) is 5. The summed E-state index contributed by atoms with van der Waals surface area (Å²) in [7, 11) is 0. The largest absolute Gasteiger partial charge is 0.486 e. The molecule has 1 aliphatic rings. The van der Waals surface area contributed by atoms with Crippen LogP contribution in [0.15, 0.2) is 41.4 Å². The predicted octanol–water partition coefficient (Wildman–Crippen LogP) is 2.60. The van der Waals surface area contributed by atoms with Gasteiger partial charge in [-0.1, -0.05) is 0 Å². The summed E-state index contributed by atoms with van der Waals surface area (Å²) in [6.07, 6.45) is 1.81. The number of pyridine rings is 1. The number of thioether (sulfide) groups is 1. The van der Waals surface area contributed by atoms with Gasteiger partial charge in [-0.2, -0.15) is 0 Å². The highest BCUT2D eigenvalue weighted by atomic mass is 32.2. The first-order valence-corrected chi connectivity index (χ1v) is 7.50. The minimum atomic E-state index is 0.475. The molecule has 0 saturated carbocycles. The first-order valence-electron chi connectivity index (χ1n) is 6.51. The third kappa shape index (κ3) is 3.05. The molecule has 1 aromatic carbocycles. The molecular weight excluding hydrogens is 272 g/mol. The molecule has 20 heavy (non-hydrogen) atoms. The van der Waals surface area contributed by atoms with Gasteiger partial charge in [0.15, 0.2) is 11.5 Å². The molecule has 1 aromatic heterocycles. The van der Waals surface area contributed by atoms with E-state index in [0.29, 0.717) is 19.8 Å². The molecule has 0 atom stereocenters. The summed E-state index contributed by atoms with van der Waals surface area (Å²) >= 11 is 1.76. The van der Waals surface area contributed by atoms with E-state index in [-0.39, 0.29) is 0 Å². The Hall–Kier alpha value is -1.72. The first-order chi connectivity index (χ1) is 9.85. The summed E-state index contributed by atoms with van der Waals surface area (Å²) in [6.45, 7) is 1.71. The lowest BCUT2D eigenvalue weighted by Gasteiger charge is -2.18. The Kier molecular flexibility index (Phi) is 4.08. The second-order valence-electron chi connectivity index (χ2n) is 4.45. The Bertz CT molecular complexity index is 604. The molecule has 104 valence electrons. The minimum Gasteiger partial charge on any atom is -0.486 e. The van der Waals surface area contributed by atoms with Gasteiger partial charge >= 0.3 is 0 Å². The maximum absolute atomic E-state index is 5.60. The topological polar surface area (TPSA) is 57.4 Å². The lowest BCUT2D eigenvalue weighted by atomic mass is 10.2. The number of aromatic nitrogens is 1. The van der Waals surface area contributed by atoms with Crippen molar-refractivity contribution < 1.29 is 9.47 Å². The second-order valence-corrected chi connectivity index (χ2v) is 5.50. The van der Waals surface area contributed by atoms with Crippen LogP contribution in [0.2, 0.25) is 0 Å². The van der Waals surface area contributed by atoms with Crippen molar-refractivity contribution >= 4 is 11.8 Å². The van der Waals surface area contributed by atoms with Gasteiger partial charge in [-0.15, -0.1) is 11.8 Å². The van der Waals surface area contributed by atoms with Gasteiger partial charge in [0.2, 0.25) is 0 Å². The van der Waals surface area contributed by atoms with E-state index in [4.69, 9.17) is 15.2 Å². The van der Waals surface area contributed by atoms with Gasteiger partial charge in [0, 0.05) is 23.4 Å². The van der Waals surface area contributed by atoms with Crippen LogP contribution in [0, 0.1) is 0 Å². The molecule has 0 radical (unpaired) electrons. The quantitative estimate of drug-likeness (QED) is 0.876. The highest BCUT2D eigenvalue weighted by molar-refractivity contribution is 7.98. The second kappa shape index (κ2) is 6.15. The summed E-state index contributed by atoms with van der Waals surface area (Å²) in [5.74, 6) is 2.54. The van der Waals surface area contributed by atoms with E-state index in [9.17, 15) is 0 Å². The standard InChI is InChI=1S/C15H16N2O2S/c16-9-12-7-11(3-4-17-12)10-20-13-1-2-14-15(8-13)19-6-5-18-14/h1-4,7-8H,5-6,9-10,16H2. The first kappa shape index (κ1) is 13.3. The summed E-state index contributed by atoms with van der Waals surface area (Å²) in [5, 5.41) is 0. The van der Waals surface area contributed by atoms with Crippen molar-refractivity contribution in [3.8, 4) is 11.5 Å². The zero-order chi connectivity index (χ0) is 13.8. The van der Waals surface area contributed by atoms with E-state index in [1.54, 1.807) is 11.8 Å². The average Bonchev–Trinajstić information content (AvgIpc) is 2.53. The van der Waals surface area contributed by atoms with Crippen LogP contribution in [0.5, 0.6) is 11.5 Å². The van der Waals surface area contributed by atoms with Crippen molar-refractivity contribution in [1.82, 2.24) is 4.98 Å². The third-order valence-electron chi connectivity index (χ3n) is 3.01. The van der Waals surface area contributed by atoms with Crippen LogP contribution < -0.4 is 15.2 Å². The van der Waals surface area contributed by atoms with E-state index in [1.165, 1.54) is 10.5 Å². The van der Waals surface area contributed by atoms with Crippen LogP contribution in [-0.4, -0.2) is 18.2 Å². The van der Waals surface area contributed by atoms with E-state index >= 15 is 0 Å². The monoisotopic (exact) mass is 288 g/mol. The molecule has 0 spiro atoms. The van der Waals surface area contributed by atoms with Gasteiger partial charge in [0.05, 0.1) is 5.69 Å². The SMILES string of the molecule is NCc1cc(CSc2ccc3c(c2)OCCO3)ccn1. The van der Waals surface area contributed by atoms with Gasteiger partial charge in [-0.25, -0.2) is 0 Å². The van der Waals surface area contributed by atoms with Gasteiger partial charge in [-0.3, -0.25) is 4.98 Å². The van der Waals surface area contributed by atoms with Crippen molar-refractivity contribution in [3.05, 3.63) is 47.8 Å². The molecule has 0 aliphatic carbocycles. The summed E-state index contributed by atoms with van der Waals surface area (Å²) < 4.78 is 11.1. The van der Waals surface area contributed by atoms with E-state index in [0.717, 1.165) is 22.9 Å². The number of nitrogens with two attached hydrogens (primary N) is 1. The number of fused-ring (bicyclic) bond motifs is 1. The molecular formula is C15H16N2O2S. The van der Waals surface area contributed by atoms with Crippen molar-refractivity contribution in [3.63, 3.8) is 0 Å². The van der Waals surface area contributed by atoms with Gasteiger partial charge < -0.3 is 15.2 Å². The Morgan fingerprint density at radius 2 is 1.95 bits per heavy atom. The van der Waals surface area contributed by atoms with Crippen molar-refractivity contribution in [1.29, 1.82) is 0 Å². The number of benzene rings is 1. The molecule has 2 heterocycles. The molecule has 1 aliphatic heterocycles. The van der Waals surface area contributed by atoms with Crippen LogP contribution in [-0.2, 0) is 12.3 Å². The number of ether oxygens (including phenoxy) is 2. The van der Waals surface area contributed by atoms with E-state index in [2.05, 4.69) is 11.1 Å². The Morgan fingerprint density at radius 3 is 2.80 bits per heavy atom. The van der Waals surface area contributed by atoms with Gasteiger partial charge in [0.25, 0.3) is 0 Å².